The van der Waals surface area contributed by atoms with Crippen LogP contribution < -0.4 is 5.32 Å². The summed E-state index contributed by atoms with van der Waals surface area (Å²) in [6.07, 6.45) is 5.18. The van der Waals surface area contributed by atoms with Gasteiger partial charge in [0.25, 0.3) is 0 Å². The Morgan fingerprint density at radius 2 is 2.06 bits per heavy atom. The van der Waals surface area contributed by atoms with Crippen molar-refractivity contribution in [2.75, 3.05) is 18.5 Å². The molecule has 0 aliphatic rings. The standard InChI is InChI=1S/C12H19N3O3/c1-9-10(11(17)18)8-14-12(15-9)13-6-4-2-3-5-7-16/h8,16H,2-7H2,1H3,(H,17,18)(H,13,14,15). The van der Waals surface area contributed by atoms with Crippen LogP contribution >= 0.6 is 0 Å². The number of carbonyl (C=O) groups is 1. The first kappa shape index (κ1) is 14.4. The van der Waals surface area contributed by atoms with Crippen LogP contribution in [0.4, 0.5) is 5.95 Å². The van der Waals surface area contributed by atoms with Crippen LogP contribution in [-0.2, 0) is 0 Å². The van der Waals surface area contributed by atoms with Gasteiger partial charge < -0.3 is 15.5 Å². The fourth-order valence-corrected chi connectivity index (χ4v) is 1.55. The van der Waals surface area contributed by atoms with Crippen LogP contribution in [0.3, 0.4) is 0 Å². The predicted molar refractivity (Wildman–Crippen MR) is 67.8 cm³/mol. The second-order valence-electron chi connectivity index (χ2n) is 4.06. The molecule has 0 radical (unpaired) electrons. The summed E-state index contributed by atoms with van der Waals surface area (Å²) in [6.45, 7) is 2.64. The van der Waals surface area contributed by atoms with E-state index in [0.717, 1.165) is 32.2 Å². The van der Waals surface area contributed by atoms with E-state index in [0.29, 0.717) is 11.6 Å². The Bertz CT molecular complexity index is 396. The second kappa shape index (κ2) is 7.60. The van der Waals surface area contributed by atoms with Crippen LogP contribution in [0.15, 0.2) is 6.20 Å². The smallest absolute Gasteiger partial charge is 0.339 e. The quantitative estimate of drug-likeness (QED) is 0.607. The Morgan fingerprint density at radius 1 is 1.33 bits per heavy atom. The highest BCUT2D eigenvalue weighted by Crippen LogP contribution is 2.07. The van der Waals surface area contributed by atoms with Crippen molar-refractivity contribution in [2.24, 2.45) is 0 Å². The second-order valence-corrected chi connectivity index (χ2v) is 4.06. The van der Waals surface area contributed by atoms with Crippen molar-refractivity contribution in [1.82, 2.24) is 9.97 Å². The van der Waals surface area contributed by atoms with Gasteiger partial charge in [0.15, 0.2) is 0 Å². The molecule has 0 aliphatic carbocycles. The molecule has 6 nitrogen and oxygen atoms in total. The highest BCUT2D eigenvalue weighted by molar-refractivity contribution is 5.88. The van der Waals surface area contributed by atoms with Gasteiger partial charge in [-0.2, -0.15) is 0 Å². The molecule has 0 fully saturated rings. The maximum Gasteiger partial charge on any atom is 0.339 e. The number of aliphatic hydroxyl groups is 1. The van der Waals surface area contributed by atoms with Gasteiger partial charge in [-0.3, -0.25) is 0 Å². The van der Waals surface area contributed by atoms with Gasteiger partial charge >= 0.3 is 5.97 Å². The van der Waals surface area contributed by atoms with Gasteiger partial charge in [-0.05, 0) is 19.8 Å². The van der Waals surface area contributed by atoms with E-state index in [4.69, 9.17) is 10.2 Å². The summed E-state index contributed by atoms with van der Waals surface area (Å²) < 4.78 is 0. The fraction of sp³-hybridized carbons (Fsp3) is 0.583. The van der Waals surface area contributed by atoms with Crippen molar-refractivity contribution in [3.63, 3.8) is 0 Å². The summed E-state index contributed by atoms with van der Waals surface area (Å²) in [6, 6.07) is 0. The first-order valence-electron chi connectivity index (χ1n) is 6.07. The Kier molecular flexibility index (Phi) is 6.07. The van der Waals surface area contributed by atoms with Gasteiger partial charge in [0.05, 0.1) is 11.3 Å². The van der Waals surface area contributed by atoms with E-state index < -0.39 is 5.97 Å². The van der Waals surface area contributed by atoms with Crippen molar-refractivity contribution < 1.29 is 15.0 Å². The Hall–Kier alpha value is -1.69. The minimum absolute atomic E-state index is 0.128. The van der Waals surface area contributed by atoms with Crippen molar-refractivity contribution in [3.8, 4) is 0 Å². The highest BCUT2D eigenvalue weighted by Gasteiger charge is 2.09. The molecule has 0 aliphatic heterocycles. The third kappa shape index (κ3) is 4.67. The number of aromatic carboxylic acids is 1. The third-order valence-corrected chi connectivity index (χ3v) is 2.58. The molecule has 1 aromatic rings. The van der Waals surface area contributed by atoms with Crippen LogP contribution in [0.5, 0.6) is 0 Å². The van der Waals surface area contributed by atoms with E-state index in [1.807, 2.05) is 0 Å². The lowest BCUT2D eigenvalue weighted by Crippen LogP contribution is -2.09. The maximum absolute atomic E-state index is 10.8. The largest absolute Gasteiger partial charge is 0.478 e. The maximum atomic E-state index is 10.8. The molecule has 0 atom stereocenters. The van der Waals surface area contributed by atoms with Crippen molar-refractivity contribution in [3.05, 3.63) is 17.5 Å². The number of hydrogen-bond donors (Lipinski definition) is 3. The number of hydrogen-bond acceptors (Lipinski definition) is 5. The molecule has 0 bridgehead atoms. The zero-order chi connectivity index (χ0) is 13.4. The highest BCUT2D eigenvalue weighted by atomic mass is 16.4. The van der Waals surface area contributed by atoms with Crippen molar-refractivity contribution in [2.45, 2.75) is 32.6 Å². The fourth-order valence-electron chi connectivity index (χ4n) is 1.55. The lowest BCUT2D eigenvalue weighted by atomic mass is 10.2. The molecule has 0 saturated heterocycles. The van der Waals surface area contributed by atoms with Gasteiger partial charge in [-0.15, -0.1) is 0 Å². The molecule has 0 amide bonds. The lowest BCUT2D eigenvalue weighted by Gasteiger charge is -2.06. The molecule has 0 saturated carbocycles. The molecule has 18 heavy (non-hydrogen) atoms. The number of aryl methyl sites for hydroxylation is 1. The predicted octanol–water partition coefficient (Wildman–Crippen LogP) is 1.45. The first-order chi connectivity index (χ1) is 8.65. The molecule has 1 aromatic heterocycles. The van der Waals surface area contributed by atoms with Gasteiger partial charge in [0.2, 0.25) is 5.95 Å². The molecule has 0 spiro atoms. The summed E-state index contributed by atoms with van der Waals surface area (Å²) in [4.78, 5) is 18.8. The van der Waals surface area contributed by atoms with Crippen LogP contribution in [0, 0.1) is 6.92 Å². The van der Waals surface area contributed by atoms with E-state index in [1.54, 1.807) is 6.92 Å². The van der Waals surface area contributed by atoms with E-state index in [-0.39, 0.29) is 12.2 Å². The zero-order valence-electron chi connectivity index (χ0n) is 10.5. The molecular weight excluding hydrogens is 234 g/mol. The molecular formula is C12H19N3O3. The van der Waals surface area contributed by atoms with Crippen molar-refractivity contribution >= 4 is 11.9 Å². The number of nitrogens with one attached hydrogen (secondary N) is 1. The van der Waals surface area contributed by atoms with Crippen molar-refractivity contribution in [1.29, 1.82) is 0 Å². The van der Waals surface area contributed by atoms with E-state index in [1.165, 1.54) is 6.20 Å². The lowest BCUT2D eigenvalue weighted by molar-refractivity contribution is 0.0695. The summed E-state index contributed by atoms with van der Waals surface area (Å²) in [7, 11) is 0. The number of carboxylic acids is 1. The van der Waals surface area contributed by atoms with Crippen LogP contribution in [0.2, 0.25) is 0 Å². The normalized spacial score (nSPS) is 10.3. The Morgan fingerprint density at radius 3 is 2.67 bits per heavy atom. The number of carboxylic acid groups (broad SMARTS) is 1. The average Bonchev–Trinajstić information content (AvgIpc) is 2.33. The van der Waals surface area contributed by atoms with Gasteiger partial charge in [-0.25, -0.2) is 14.8 Å². The monoisotopic (exact) mass is 253 g/mol. The van der Waals surface area contributed by atoms with E-state index in [2.05, 4.69) is 15.3 Å². The van der Waals surface area contributed by atoms with Gasteiger partial charge in [0, 0.05) is 19.3 Å². The van der Waals surface area contributed by atoms with Gasteiger partial charge in [-0.1, -0.05) is 12.8 Å². The number of anilines is 1. The summed E-state index contributed by atoms with van der Waals surface area (Å²) >= 11 is 0. The number of rotatable bonds is 8. The van der Waals surface area contributed by atoms with Gasteiger partial charge in [0.1, 0.15) is 0 Å². The molecule has 1 rings (SSSR count). The SMILES string of the molecule is Cc1nc(NCCCCCCO)ncc1C(=O)O. The van der Waals surface area contributed by atoms with Crippen LogP contribution in [0.1, 0.15) is 41.7 Å². The Labute approximate surface area is 106 Å². The zero-order valence-corrected chi connectivity index (χ0v) is 10.5. The first-order valence-corrected chi connectivity index (χ1v) is 6.07. The minimum atomic E-state index is -1.01. The molecule has 0 aromatic carbocycles. The third-order valence-electron chi connectivity index (χ3n) is 2.58. The summed E-state index contributed by atoms with van der Waals surface area (Å²) in [5, 5.41) is 20.5. The molecule has 0 unspecified atom stereocenters. The number of aliphatic hydroxyl groups excluding tert-OH is 1. The molecule has 100 valence electrons. The van der Waals surface area contributed by atoms with E-state index >= 15 is 0 Å². The minimum Gasteiger partial charge on any atom is -0.478 e. The number of nitrogens with zero attached hydrogens (tertiary/aromatic N) is 2. The molecule has 1 heterocycles. The topological polar surface area (TPSA) is 95.3 Å². The molecule has 6 heteroatoms. The van der Waals surface area contributed by atoms with Crippen LogP contribution in [0.25, 0.3) is 0 Å². The summed E-state index contributed by atoms with van der Waals surface area (Å²) in [5.74, 6) is -0.553. The average molecular weight is 253 g/mol. The number of aromatic nitrogens is 2. The number of unbranched alkanes of at least 4 members (excludes halogenated alkanes) is 3. The van der Waals surface area contributed by atoms with E-state index in [9.17, 15) is 4.79 Å². The molecule has 3 N–H and O–H groups in total. The van der Waals surface area contributed by atoms with Crippen LogP contribution in [-0.4, -0.2) is 39.3 Å². The Balaban J connectivity index is 2.35. The summed E-state index contributed by atoms with van der Waals surface area (Å²) in [5.41, 5.74) is 0.587.